The molecule has 0 unspecified atom stereocenters. The molecule has 6 heteroatoms. The molecule has 0 spiro atoms. The lowest BCUT2D eigenvalue weighted by molar-refractivity contribution is -0.129. The Hall–Kier alpha value is -3.28. The fourth-order valence-electron chi connectivity index (χ4n) is 2.44. The molecule has 0 heterocycles. The van der Waals surface area contributed by atoms with Crippen molar-refractivity contribution in [2.45, 2.75) is 6.92 Å². The first kappa shape index (κ1) is 20.0. The van der Waals surface area contributed by atoms with Crippen molar-refractivity contribution in [3.05, 3.63) is 59.7 Å². The standard InChI is InChI=1S/C21H24N2O4/c1-15-5-11-19(27-4)16(13-15)6-12-21(25)23(2)14-20(24)22-17-7-9-18(26-3)10-8-17/h5-13H,14H2,1-4H3,(H,22,24)/b12-6+. The topological polar surface area (TPSA) is 67.9 Å². The summed E-state index contributed by atoms with van der Waals surface area (Å²) in [5.74, 6) is 0.836. The van der Waals surface area contributed by atoms with E-state index in [2.05, 4.69) is 5.32 Å². The zero-order chi connectivity index (χ0) is 19.8. The van der Waals surface area contributed by atoms with Crippen LogP contribution in [0, 0.1) is 6.92 Å². The molecule has 2 aromatic carbocycles. The van der Waals surface area contributed by atoms with Crippen molar-refractivity contribution in [3.63, 3.8) is 0 Å². The number of benzene rings is 2. The summed E-state index contributed by atoms with van der Waals surface area (Å²) in [6, 6.07) is 12.7. The van der Waals surface area contributed by atoms with Gasteiger partial charge in [0.15, 0.2) is 0 Å². The zero-order valence-corrected chi connectivity index (χ0v) is 16.0. The molecule has 0 aliphatic rings. The fourth-order valence-corrected chi connectivity index (χ4v) is 2.44. The van der Waals surface area contributed by atoms with Crippen LogP contribution in [0.15, 0.2) is 48.5 Å². The van der Waals surface area contributed by atoms with Crippen LogP contribution in [0.2, 0.25) is 0 Å². The molecule has 0 bridgehead atoms. The van der Waals surface area contributed by atoms with Gasteiger partial charge in [-0.25, -0.2) is 0 Å². The van der Waals surface area contributed by atoms with Gasteiger partial charge in [0.1, 0.15) is 11.5 Å². The molecule has 142 valence electrons. The molecule has 2 rings (SSSR count). The molecule has 1 N–H and O–H groups in total. The van der Waals surface area contributed by atoms with Crippen molar-refractivity contribution in [1.82, 2.24) is 4.90 Å². The van der Waals surface area contributed by atoms with Crippen LogP contribution >= 0.6 is 0 Å². The first-order valence-electron chi connectivity index (χ1n) is 8.44. The number of ether oxygens (including phenoxy) is 2. The van der Waals surface area contributed by atoms with Crippen LogP contribution in [0.4, 0.5) is 5.69 Å². The van der Waals surface area contributed by atoms with E-state index in [4.69, 9.17) is 9.47 Å². The largest absolute Gasteiger partial charge is 0.497 e. The molecule has 0 aliphatic heterocycles. The number of hydrogen-bond acceptors (Lipinski definition) is 4. The van der Waals surface area contributed by atoms with Gasteiger partial charge < -0.3 is 19.7 Å². The molecule has 0 aliphatic carbocycles. The van der Waals surface area contributed by atoms with Crippen LogP contribution in [0.25, 0.3) is 6.08 Å². The normalized spacial score (nSPS) is 10.5. The highest BCUT2D eigenvalue weighted by atomic mass is 16.5. The number of hydrogen-bond donors (Lipinski definition) is 1. The van der Waals surface area contributed by atoms with E-state index in [1.165, 1.54) is 11.0 Å². The number of nitrogens with zero attached hydrogens (tertiary/aromatic N) is 1. The predicted molar refractivity (Wildman–Crippen MR) is 106 cm³/mol. The second-order valence-electron chi connectivity index (χ2n) is 6.05. The third-order valence-electron chi connectivity index (χ3n) is 3.92. The molecular weight excluding hydrogens is 344 g/mol. The average molecular weight is 368 g/mol. The molecule has 27 heavy (non-hydrogen) atoms. The molecule has 2 aromatic rings. The number of rotatable bonds is 7. The summed E-state index contributed by atoms with van der Waals surface area (Å²) in [6.07, 6.45) is 3.12. The van der Waals surface area contributed by atoms with Gasteiger partial charge >= 0.3 is 0 Å². The highest BCUT2D eigenvalue weighted by Crippen LogP contribution is 2.21. The van der Waals surface area contributed by atoms with Gasteiger partial charge in [-0.1, -0.05) is 11.6 Å². The van der Waals surface area contributed by atoms with Crippen LogP contribution in [-0.4, -0.2) is 44.5 Å². The molecule has 0 radical (unpaired) electrons. The third kappa shape index (κ3) is 5.88. The minimum Gasteiger partial charge on any atom is -0.497 e. The Bertz CT molecular complexity index is 829. The minimum absolute atomic E-state index is 0.0554. The van der Waals surface area contributed by atoms with Crippen molar-refractivity contribution in [2.24, 2.45) is 0 Å². The van der Waals surface area contributed by atoms with Gasteiger partial charge in [-0.15, -0.1) is 0 Å². The molecular formula is C21H24N2O4. The Morgan fingerprint density at radius 3 is 2.41 bits per heavy atom. The quantitative estimate of drug-likeness (QED) is 0.763. The summed E-state index contributed by atoms with van der Waals surface area (Å²) >= 11 is 0. The van der Waals surface area contributed by atoms with Crippen LogP contribution < -0.4 is 14.8 Å². The van der Waals surface area contributed by atoms with Crippen molar-refractivity contribution in [1.29, 1.82) is 0 Å². The zero-order valence-electron chi connectivity index (χ0n) is 16.0. The van der Waals surface area contributed by atoms with Crippen LogP contribution in [0.1, 0.15) is 11.1 Å². The number of anilines is 1. The van der Waals surface area contributed by atoms with Crippen molar-refractivity contribution in [2.75, 3.05) is 33.1 Å². The maximum atomic E-state index is 12.3. The van der Waals surface area contributed by atoms with E-state index in [0.717, 1.165) is 11.1 Å². The first-order chi connectivity index (χ1) is 12.9. The maximum Gasteiger partial charge on any atom is 0.246 e. The number of carbonyl (C=O) groups excluding carboxylic acids is 2. The van der Waals surface area contributed by atoms with Gasteiger partial charge in [0.05, 0.1) is 20.8 Å². The van der Waals surface area contributed by atoms with Gasteiger partial charge in [-0.3, -0.25) is 9.59 Å². The summed E-state index contributed by atoms with van der Waals surface area (Å²) in [6.45, 7) is 1.91. The van der Waals surface area contributed by atoms with Gasteiger partial charge in [0, 0.05) is 24.4 Å². The molecule has 2 amide bonds. The van der Waals surface area contributed by atoms with Crippen LogP contribution in [0.3, 0.4) is 0 Å². The second-order valence-corrected chi connectivity index (χ2v) is 6.05. The molecule has 0 saturated carbocycles. The number of amides is 2. The second kappa shape index (κ2) is 9.43. The summed E-state index contributed by atoms with van der Waals surface area (Å²) in [4.78, 5) is 25.7. The summed E-state index contributed by atoms with van der Waals surface area (Å²) < 4.78 is 10.4. The van der Waals surface area contributed by atoms with Crippen LogP contribution in [-0.2, 0) is 9.59 Å². The third-order valence-corrected chi connectivity index (χ3v) is 3.92. The Balaban J connectivity index is 1.94. The summed E-state index contributed by atoms with van der Waals surface area (Å²) in [5.41, 5.74) is 2.51. The molecule has 0 fully saturated rings. The molecule has 0 saturated heterocycles. The van der Waals surface area contributed by atoms with E-state index < -0.39 is 0 Å². The first-order valence-corrected chi connectivity index (χ1v) is 8.44. The van der Waals surface area contributed by atoms with Gasteiger partial charge in [-0.2, -0.15) is 0 Å². The number of carbonyl (C=O) groups is 2. The van der Waals surface area contributed by atoms with E-state index in [1.54, 1.807) is 51.6 Å². The van der Waals surface area contributed by atoms with E-state index in [-0.39, 0.29) is 18.4 Å². The van der Waals surface area contributed by atoms with E-state index in [9.17, 15) is 9.59 Å². The van der Waals surface area contributed by atoms with Gasteiger partial charge in [0.2, 0.25) is 11.8 Å². The van der Waals surface area contributed by atoms with Gasteiger partial charge in [-0.05, 0) is 49.4 Å². The Morgan fingerprint density at radius 1 is 1.07 bits per heavy atom. The average Bonchev–Trinajstić information content (AvgIpc) is 2.66. The lowest BCUT2D eigenvalue weighted by Crippen LogP contribution is -2.33. The fraction of sp³-hybridized carbons (Fsp3) is 0.238. The molecule has 0 atom stereocenters. The monoisotopic (exact) mass is 368 g/mol. The Labute approximate surface area is 159 Å². The highest BCUT2D eigenvalue weighted by Gasteiger charge is 2.11. The number of likely N-dealkylation sites (N-methyl/N-ethyl adjacent to an activating group) is 1. The maximum absolute atomic E-state index is 12.3. The Kier molecular flexibility index (Phi) is 7.00. The van der Waals surface area contributed by atoms with Crippen molar-refractivity contribution in [3.8, 4) is 11.5 Å². The van der Waals surface area contributed by atoms with E-state index >= 15 is 0 Å². The van der Waals surface area contributed by atoms with Gasteiger partial charge in [0.25, 0.3) is 0 Å². The smallest absolute Gasteiger partial charge is 0.246 e. The van der Waals surface area contributed by atoms with Crippen molar-refractivity contribution >= 4 is 23.6 Å². The highest BCUT2D eigenvalue weighted by molar-refractivity contribution is 5.98. The van der Waals surface area contributed by atoms with E-state index in [0.29, 0.717) is 17.2 Å². The number of aryl methyl sites for hydroxylation is 1. The van der Waals surface area contributed by atoms with E-state index in [1.807, 2.05) is 25.1 Å². The summed E-state index contributed by atoms with van der Waals surface area (Å²) in [7, 11) is 4.74. The lowest BCUT2D eigenvalue weighted by Gasteiger charge is -2.15. The predicted octanol–water partition coefficient (Wildman–Crippen LogP) is 3.12. The number of nitrogens with one attached hydrogen (secondary N) is 1. The minimum atomic E-state index is -0.280. The number of methoxy groups -OCH3 is 2. The SMILES string of the molecule is COc1ccc(NC(=O)CN(C)C(=O)/C=C/c2cc(C)ccc2OC)cc1. The lowest BCUT2D eigenvalue weighted by atomic mass is 10.1. The van der Waals surface area contributed by atoms with Crippen LogP contribution in [0.5, 0.6) is 11.5 Å². The van der Waals surface area contributed by atoms with Crippen molar-refractivity contribution < 1.29 is 19.1 Å². The molecule has 0 aromatic heterocycles. The Morgan fingerprint density at radius 2 is 1.78 bits per heavy atom. The summed E-state index contributed by atoms with van der Waals surface area (Å²) in [5, 5.41) is 2.75. The molecule has 6 nitrogen and oxygen atoms in total.